The van der Waals surface area contributed by atoms with Gasteiger partial charge in [0.15, 0.2) is 0 Å². The average Bonchev–Trinajstić information content (AvgIpc) is 2.19. The zero-order valence-electron chi connectivity index (χ0n) is 8.18. The third-order valence-electron chi connectivity index (χ3n) is 2.44. The van der Waals surface area contributed by atoms with Crippen molar-refractivity contribution in [1.82, 2.24) is 15.6 Å². The molecule has 0 amide bonds. The van der Waals surface area contributed by atoms with Gasteiger partial charge in [-0.25, -0.2) is 0 Å². The average molecular weight is 212 g/mol. The van der Waals surface area contributed by atoms with Crippen molar-refractivity contribution in [2.45, 2.75) is 13.0 Å². The lowest BCUT2D eigenvalue weighted by atomic mass is 10.1. The predicted molar refractivity (Wildman–Crippen MR) is 57.6 cm³/mol. The minimum Gasteiger partial charge on any atom is -0.314 e. The first-order chi connectivity index (χ1) is 6.77. The smallest absolute Gasteiger partial charge is 0.0487 e. The first-order valence-corrected chi connectivity index (χ1v) is 5.21. The molecule has 1 aromatic heterocycles. The van der Waals surface area contributed by atoms with Crippen LogP contribution >= 0.6 is 11.6 Å². The first kappa shape index (κ1) is 9.90. The second kappa shape index (κ2) is 4.26. The Morgan fingerprint density at radius 1 is 1.50 bits per heavy atom. The van der Waals surface area contributed by atoms with Gasteiger partial charge in [0, 0.05) is 48.2 Å². The fourth-order valence-electron chi connectivity index (χ4n) is 1.67. The van der Waals surface area contributed by atoms with Gasteiger partial charge < -0.3 is 10.6 Å². The van der Waals surface area contributed by atoms with Crippen molar-refractivity contribution < 1.29 is 0 Å². The molecular weight excluding hydrogens is 198 g/mol. The van der Waals surface area contributed by atoms with E-state index < -0.39 is 0 Å². The number of rotatable bonds is 1. The Balaban J connectivity index is 2.22. The molecule has 4 heteroatoms. The second-order valence-corrected chi connectivity index (χ2v) is 3.97. The van der Waals surface area contributed by atoms with Crippen molar-refractivity contribution in [2.24, 2.45) is 0 Å². The SMILES string of the molecule is Cc1cc(Cl)c([C@H]2CNCCN2)cn1. The van der Waals surface area contributed by atoms with Crippen LogP contribution in [-0.4, -0.2) is 24.6 Å². The molecule has 1 fully saturated rings. The lowest BCUT2D eigenvalue weighted by Crippen LogP contribution is -2.42. The van der Waals surface area contributed by atoms with Gasteiger partial charge in [0.25, 0.3) is 0 Å². The molecule has 3 nitrogen and oxygen atoms in total. The summed E-state index contributed by atoms with van der Waals surface area (Å²) in [7, 11) is 0. The van der Waals surface area contributed by atoms with Crippen LogP contribution in [0.15, 0.2) is 12.3 Å². The van der Waals surface area contributed by atoms with Crippen LogP contribution in [0.2, 0.25) is 5.02 Å². The second-order valence-electron chi connectivity index (χ2n) is 3.56. The van der Waals surface area contributed by atoms with Crippen LogP contribution in [0.1, 0.15) is 17.3 Å². The summed E-state index contributed by atoms with van der Waals surface area (Å²) in [5.41, 5.74) is 2.05. The Morgan fingerprint density at radius 3 is 3.00 bits per heavy atom. The molecule has 1 aromatic rings. The molecular formula is C10H14ClN3. The third-order valence-corrected chi connectivity index (χ3v) is 2.76. The molecule has 0 radical (unpaired) electrons. The van der Waals surface area contributed by atoms with E-state index in [1.165, 1.54) is 0 Å². The molecule has 1 aliphatic rings. The van der Waals surface area contributed by atoms with Crippen LogP contribution in [-0.2, 0) is 0 Å². The maximum absolute atomic E-state index is 6.16. The van der Waals surface area contributed by atoms with E-state index in [-0.39, 0.29) is 0 Å². The summed E-state index contributed by atoms with van der Waals surface area (Å²) in [6, 6.07) is 2.21. The summed E-state index contributed by atoms with van der Waals surface area (Å²) >= 11 is 6.16. The maximum Gasteiger partial charge on any atom is 0.0487 e. The molecule has 14 heavy (non-hydrogen) atoms. The fourth-order valence-corrected chi connectivity index (χ4v) is 2.01. The standard InChI is InChI=1S/C10H14ClN3/c1-7-4-9(11)8(5-14-7)10-6-12-2-3-13-10/h4-5,10,12-13H,2-3,6H2,1H3/t10-/m1/s1. The Kier molecular flexibility index (Phi) is 3.01. The highest BCUT2D eigenvalue weighted by Crippen LogP contribution is 2.22. The Hall–Kier alpha value is -0.640. The molecule has 0 spiro atoms. The number of hydrogen-bond acceptors (Lipinski definition) is 3. The van der Waals surface area contributed by atoms with E-state index in [9.17, 15) is 0 Å². The van der Waals surface area contributed by atoms with Gasteiger partial charge in [-0.15, -0.1) is 0 Å². The van der Waals surface area contributed by atoms with E-state index in [1.807, 2.05) is 19.2 Å². The van der Waals surface area contributed by atoms with Gasteiger partial charge in [0.2, 0.25) is 0 Å². The van der Waals surface area contributed by atoms with Crippen molar-refractivity contribution in [2.75, 3.05) is 19.6 Å². The summed E-state index contributed by atoms with van der Waals surface area (Å²) in [6.45, 7) is 4.87. The summed E-state index contributed by atoms with van der Waals surface area (Å²) in [5, 5.41) is 7.54. The number of piperazine rings is 1. The van der Waals surface area contributed by atoms with E-state index >= 15 is 0 Å². The summed E-state index contributed by atoms with van der Waals surface area (Å²) in [6.07, 6.45) is 1.86. The normalized spacial score (nSPS) is 22.3. The lowest BCUT2D eigenvalue weighted by molar-refractivity contribution is 0.429. The van der Waals surface area contributed by atoms with Crippen molar-refractivity contribution in [1.29, 1.82) is 0 Å². The fraction of sp³-hybridized carbons (Fsp3) is 0.500. The Labute approximate surface area is 88.9 Å². The first-order valence-electron chi connectivity index (χ1n) is 4.83. The van der Waals surface area contributed by atoms with E-state index in [0.717, 1.165) is 35.9 Å². The minimum absolute atomic E-state index is 0.296. The molecule has 1 atom stereocenters. The Bertz CT molecular complexity index is 321. The van der Waals surface area contributed by atoms with Crippen LogP contribution in [0.3, 0.4) is 0 Å². The van der Waals surface area contributed by atoms with Crippen LogP contribution < -0.4 is 10.6 Å². The van der Waals surface area contributed by atoms with Gasteiger partial charge in [-0.05, 0) is 13.0 Å². The van der Waals surface area contributed by atoms with E-state index in [2.05, 4.69) is 15.6 Å². The van der Waals surface area contributed by atoms with Crippen LogP contribution in [0.25, 0.3) is 0 Å². The van der Waals surface area contributed by atoms with Crippen LogP contribution in [0.5, 0.6) is 0 Å². The number of hydrogen-bond donors (Lipinski definition) is 2. The van der Waals surface area contributed by atoms with Gasteiger partial charge >= 0.3 is 0 Å². The highest BCUT2D eigenvalue weighted by molar-refractivity contribution is 6.31. The molecule has 76 valence electrons. The van der Waals surface area contributed by atoms with E-state index in [4.69, 9.17) is 11.6 Å². The van der Waals surface area contributed by atoms with Gasteiger partial charge in [0.05, 0.1) is 0 Å². The number of nitrogens with zero attached hydrogens (tertiary/aromatic N) is 1. The quantitative estimate of drug-likeness (QED) is 0.735. The highest BCUT2D eigenvalue weighted by atomic mass is 35.5. The van der Waals surface area contributed by atoms with Gasteiger partial charge in [-0.2, -0.15) is 0 Å². The number of pyridine rings is 1. The molecule has 2 rings (SSSR count). The molecule has 0 aromatic carbocycles. The molecule has 2 N–H and O–H groups in total. The number of nitrogens with one attached hydrogen (secondary N) is 2. The predicted octanol–water partition coefficient (Wildman–Crippen LogP) is 1.28. The molecule has 0 bridgehead atoms. The Morgan fingerprint density at radius 2 is 2.36 bits per heavy atom. The largest absolute Gasteiger partial charge is 0.314 e. The minimum atomic E-state index is 0.296. The van der Waals surface area contributed by atoms with Gasteiger partial charge in [0.1, 0.15) is 0 Å². The van der Waals surface area contributed by atoms with E-state index in [0.29, 0.717) is 6.04 Å². The summed E-state index contributed by atoms with van der Waals surface area (Å²) < 4.78 is 0. The van der Waals surface area contributed by atoms with E-state index in [1.54, 1.807) is 0 Å². The van der Waals surface area contributed by atoms with Crippen LogP contribution in [0.4, 0.5) is 0 Å². The number of aromatic nitrogens is 1. The molecule has 0 saturated carbocycles. The molecule has 1 aliphatic heterocycles. The molecule has 0 unspecified atom stereocenters. The van der Waals surface area contributed by atoms with Gasteiger partial charge in [-0.3, -0.25) is 4.98 Å². The van der Waals surface area contributed by atoms with Crippen LogP contribution in [0, 0.1) is 6.92 Å². The zero-order valence-corrected chi connectivity index (χ0v) is 8.93. The molecule has 2 heterocycles. The van der Waals surface area contributed by atoms with Crippen molar-refractivity contribution in [3.05, 3.63) is 28.5 Å². The summed E-state index contributed by atoms with van der Waals surface area (Å²) in [5.74, 6) is 0. The number of halogens is 1. The molecule has 0 aliphatic carbocycles. The molecule has 1 saturated heterocycles. The monoisotopic (exact) mass is 211 g/mol. The zero-order chi connectivity index (χ0) is 9.97. The summed E-state index contributed by atoms with van der Waals surface area (Å²) in [4.78, 5) is 4.26. The highest BCUT2D eigenvalue weighted by Gasteiger charge is 2.17. The van der Waals surface area contributed by atoms with Crippen molar-refractivity contribution >= 4 is 11.6 Å². The van der Waals surface area contributed by atoms with Crippen molar-refractivity contribution in [3.63, 3.8) is 0 Å². The van der Waals surface area contributed by atoms with Crippen molar-refractivity contribution in [3.8, 4) is 0 Å². The topological polar surface area (TPSA) is 37.0 Å². The lowest BCUT2D eigenvalue weighted by Gasteiger charge is -2.25. The maximum atomic E-state index is 6.16. The number of aryl methyl sites for hydroxylation is 1. The van der Waals surface area contributed by atoms with Gasteiger partial charge in [-0.1, -0.05) is 11.6 Å². The third kappa shape index (κ3) is 2.05.